The predicted molar refractivity (Wildman–Crippen MR) is 148 cm³/mol. The summed E-state index contributed by atoms with van der Waals surface area (Å²) in [7, 11) is 0. The number of aromatic nitrogens is 1. The van der Waals surface area contributed by atoms with E-state index in [1.54, 1.807) is 13.8 Å². The van der Waals surface area contributed by atoms with Crippen LogP contribution in [0.2, 0.25) is 0 Å². The number of ether oxygens (including phenoxy) is 2. The van der Waals surface area contributed by atoms with Crippen LogP contribution >= 0.6 is 0 Å². The van der Waals surface area contributed by atoms with E-state index in [1.807, 2.05) is 83.8 Å². The Labute approximate surface area is 228 Å². The second-order valence-corrected chi connectivity index (χ2v) is 9.45. The number of hydrogen-bond acceptors (Lipinski definition) is 6. The number of nitrogens with zero attached hydrogens (tertiary/aromatic N) is 2. The van der Waals surface area contributed by atoms with Crippen molar-refractivity contribution in [3.05, 3.63) is 95.9 Å². The summed E-state index contributed by atoms with van der Waals surface area (Å²) in [5.74, 6) is 1.57. The average Bonchev–Trinajstić information content (AvgIpc) is 3.58. The third-order valence-electron chi connectivity index (χ3n) is 6.95. The highest BCUT2D eigenvalue weighted by Gasteiger charge is 2.32. The van der Waals surface area contributed by atoms with Gasteiger partial charge in [0.2, 0.25) is 5.91 Å². The fourth-order valence-corrected chi connectivity index (χ4v) is 5.19. The Morgan fingerprint density at radius 3 is 2.38 bits per heavy atom. The minimum Gasteiger partial charge on any atom is -0.482 e. The summed E-state index contributed by atoms with van der Waals surface area (Å²) in [6, 6.07) is 25.7. The number of carbonyl (C=O) groups is 2. The van der Waals surface area contributed by atoms with Gasteiger partial charge >= 0.3 is 5.97 Å². The first-order valence-electron chi connectivity index (χ1n) is 13.3. The Kier molecular flexibility index (Phi) is 8.06. The van der Waals surface area contributed by atoms with Gasteiger partial charge in [-0.3, -0.25) is 4.79 Å². The first-order valence-corrected chi connectivity index (χ1v) is 13.3. The molecule has 3 aromatic carbocycles. The van der Waals surface area contributed by atoms with Crippen LogP contribution in [0.4, 0.5) is 0 Å². The van der Waals surface area contributed by atoms with Crippen LogP contribution in [0.5, 0.6) is 5.75 Å². The van der Waals surface area contributed by atoms with Gasteiger partial charge in [0.1, 0.15) is 11.4 Å². The normalized spacial score (nSPS) is 14.1. The molecular weight excluding hydrogens is 492 g/mol. The van der Waals surface area contributed by atoms with Gasteiger partial charge in [-0.2, -0.15) is 0 Å². The molecule has 0 spiro atoms. The molecule has 39 heavy (non-hydrogen) atoms. The number of amides is 1. The molecule has 7 heteroatoms. The van der Waals surface area contributed by atoms with Gasteiger partial charge in [-0.25, -0.2) is 9.78 Å². The summed E-state index contributed by atoms with van der Waals surface area (Å²) in [4.78, 5) is 31.4. The maximum Gasteiger partial charge on any atom is 0.344 e. The molecule has 1 unspecified atom stereocenters. The Hall–Kier alpha value is -4.39. The second kappa shape index (κ2) is 12.0. The molecule has 200 valence electrons. The molecule has 1 atom stereocenters. The van der Waals surface area contributed by atoms with Gasteiger partial charge in [0.15, 0.2) is 18.3 Å². The molecule has 1 aliphatic carbocycles. The standard InChI is InChI=1S/C32H32N2O5/c1-3-37-30(36)21-38-28-16-10-15-25-26(28)17-18-27(25)34(22(2)35)20-19-29-33-31(23-11-6-4-7-12-23)32(39-29)24-13-8-5-9-14-24/h4-16,27H,3,17-21H2,1-2H3. The molecule has 0 radical (unpaired) electrons. The molecule has 1 aromatic heterocycles. The topological polar surface area (TPSA) is 81.9 Å². The van der Waals surface area contributed by atoms with E-state index in [0.29, 0.717) is 31.2 Å². The fraction of sp³-hybridized carbons (Fsp3) is 0.281. The smallest absolute Gasteiger partial charge is 0.344 e. The molecule has 0 bridgehead atoms. The van der Waals surface area contributed by atoms with Crippen molar-refractivity contribution < 1.29 is 23.5 Å². The van der Waals surface area contributed by atoms with Crippen molar-refractivity contribution in [3.63, 3.8) is 0 Å². The van der Waals surface area contributed by atoms with Crippen LogP contribution in [-0.4, -0.2) is 41.5 Å². The highest BCUT2D eigenvalue weighted by atomic mass is 16.6. The van der Waals surface area contributed by atoms with Gasteiger partial charge in [-0.05, 0) is 37.0 Å². The van der Waals surface area contributed by atoms with Crippen LogP contribution < -0.4 is 4.74 Å². The number of hydrogen-bond donors (Lipinski definition) is 0. The first-order chi connectivity index (χ1) is 19.0. The number of carbonyl (C=O) groups excluding carboxylic acids is 2. The molecule has 1 amide bonds. The zero-order valence-corrected chi connectivity index (χ0v) is 22.3. The summed E-state index contributed by atoms with van der Waals surface area (Å²) in [6.45, 7) is 4.01. The lowest BCUT2D eigenvalue weighted by atomic mass is 10.1. The third-order valence-corrected chi connectivity index (χ3v) is 6.95. The van der Waals surface area contributed by atoms with Crippen LogP contribution in [-0.2, 0) is 27.2 Å². The van der Waals surface area contributed by atoms with Crippen molar-refractivity contribution in [2.24, 2.45) is 0 Å². The highest BCUT2D eigenvalue weighted by Crippen LogP contribution is 2.41. The van der Waals surface area contributed by atoms with Crippen molar-refractivity contribution in [1.29, 1.82) is 0 Å². The van der Waals surface area contributed by atoms with Gasteiger partial charge in [0.05, 0.1) is 12.6 Å². The van der Waals surface area contributed by atoms with Crippen molar-refractivity contribution in [2.45, 2.75) is 39.2 Å². The molecule has 0 aliphatic heterocycles. The second-order valence-electron chi connectivity index (χ2n) is 9.45. The van der Waals surface area contributed by atoms with E-state index >= 15 is 0 Å². The molecule has 0 N–H and O–H groups in total. The van der Waals surface area contributed by atoms with E-state index < -0.39 is 5.97 Å². The van der Waals surface area contributed by atoms with Crippen LogP contribution in [0.15, 0.2) is 83.3 Å². The Balaban J connectivity index is 1.36. The van der Waals surface area contributed by atoms with Gasteiger partial charge in [0.25, 0.3) is 0 Å². The minimum absolute atomic E-state index is 0.0104. The summed E-state index contributed by atoms with van der Waals surface area (Å²) in [6.07, 6.45) is 2.03. The quantitative estimate of drug-likeness (QED) is 0.236. The van der Waals surface area contributed by atoms with Crippen LogP contribution in [0.25, 0.3) is 22.6 Å². The maximum atomic E-state index is 12.8. The Morgan fingerprint density at radius 1 is 0.974 bits per heavy atom. The van der Waals surface area contributed by atoms with Gasteiger partial charge in [0, 0.05) is 31.0 Å². The zero-order chi connectivity index (χ0) is 27.2. The van der Waals surface area contributed by atoms with Gasteiger partial charge < -0.3 is 18.8 Å². The lowest BCUT2D eigenvalue weighted by molar-refractivity contribution is -0.145. The summed E-state index contributed by atoms with van der Waals surface area (Å²) >= 11 is 0. The zero-order valence-electron chi connectivity index (χ0n) is 22.3. The maximum absolute atomic E-state index is 12.8. The number of benzene rings is 3. The third kappa shape index (κ3) is 5.87. The van der Waals surface area contributed by atoms with Crippen molar-refractivity contribution >= 4 is 11.9 Å². The van der Waals surface area contributed by atoms with E-state index in [9.17, 15) is 9.59 Å². The highest BCUT2D eigenvalue weighted by molar-refractivity contribution is 5.77. The van der Waals surface area contributed by atoms with E-state index in [4.69, 9.17) is 18.9 Å². The molecular formula is C32H32N2O5. The van der Waals surface area contributed by atoms with Crippen molar-refractivity contribution in [3.8, 4) is 28.3 Å². The number of rotatable bonds is 10. The van der Waals surface area contributed by atoms with E-state index in [-0.39, 0.29) is 18.6 Å². The van der Waals surface area contributed by atoms with E-state index in [1.165, 1.54) is 0 Å². The van der Waals surface area contributed by atoms with Crippen molar-refractivity contribution in [2.75, 3.05) is 19.8 Å². The van der Waals surface area contributed by atoms with Crippen LogP contribution in [0.3, 0.4) is 0 Å². The molecule has 7 nitrogen and oxygen atoms in total. The Bertz CT molecular complexity index is 1370. The number of esters is 1. The van der Waals surface area contributed by atoms with Gasteiger partial charge in [-0.15, -0.1) is 0 Å². The van der Waals surface area contributed by atoms with Crippen LogP contribution in [0.1, 0.15) is 43.3 Å². The van der Waals surface area contributed by atoms with Gasteiger partial charge in [-0.1, -0.05) is 72.8 Å². The lowest BCUT2D eigenvalue weighted by Crippen LogP contribution is -2.34. The van der Waals surface area contributed by atoms with E-state index in [2.05, 4.69) is 0 Å². The lowest BCUT2D eigenvalue weighted by Gasteiger charge is -2.28. The molecule has 1 aliphatic rings. The first kappa shape index (κ1) is 26.2. The molecule has 0 saturated carbocycles. The minimum atomic E-state index is -0.397. The SMILES string of the molecule is CCOC(=O)COc1cccc2c1CCC2N(CCc1nc(-c2ccccc2)c(-c2ccccc2)o1)C(C)=O. The summed E-state index contributed by atoms with van der Waals surface area (Å²) in [5.41, 5.74) is 4.81. The van der Waals surface area contributed by atoms with Crippen LogP contribution in [0, 0.1) is 0 Å². The number of fused-ring (bicyclic) bond motifs is 1. The summed E-state index contributed by atoms with van der Waals surface area (Å²) in [5, 5.41) is 0. The average molecular weight is 525 g/mol. The summed E-state index contributed by atoms with van der Waals surface area (Å²) < 4.78 is 17.1. The molecule has 1 heterocycles. The molecule has 4 aromatic rings. The fourth-order valence-electron chi connectivity index (χ4n) is 5.19. The molecule has 5 rings (SSSR count). The monoisotopic (exact) mass is 524 g/mol. The number of oxazole rings is 1. The largest absolute Gasteiger partial charge is 0.482 e. The van der Waals surface area contributed by atoms with Crippen molar-refractivity contribution in [1.82, 2.24) is 9.88 Å². The molecule has 0 saturated heterocycles. The Morgan fingerprint density at radius 2 is 1.69 bits per heavy atom. The molecule has 0 fully saturated rings. The predicted octanol–water partition coefficient (Wildman–Crippen LogP) is 6.03. The van der Waals surface area contributed by atoms with E-state index in [0.717, 1.165) is 46.5 Å².